The number of alkyl halides is 3. The number of thioether (sulfide) groups is 1. The lowest BCUT2D eigenvalue weighted by Gasteiger charge is -2.19. The maximum Gasteiger partial charge on any atom is 0.573 e. The van der Waals surface area contributed by atoms with E-state index in [1.54, 1.807) is 51.3 Å². The lowest BCUT2D eigenvalue weighted by molar-refractivity contribution is -0.303. The summed E-state index contributed by atoms with van der Waals surface area (Å²) in [4.78, 5) is 37.1. The maximum atomic E-state index is 12.6. The molecule has 0 radical (unpaired) electrons. The summed E-state index contributed by atoms with van der Waals surface area (Å²) in [6.45, 7) is 9.97. The lowest BCUT2D eigenvalue weighted by atomic mass is 10.1. The van der Waals surface area contributed by atoms with E-state index in [1.165, 1.54) is 30.3 Å². The van der Waals surface area contributed by atoms with Crippen LogP contribution in [-0.4, -0.2) is 72.1 Å². The van der Waals surface area contributed by atoms with Crippen LogP contribution in [0.5, 0.6) is 0 Å². The molecule has 12 nitrogen and oxygen atoms in total. The summed E-state index contributed by atoms with van der Waals surface area (Å²) in [5.74, 6) is -0.499. The first-order valence-electron chi connectivity index (χ1n) is 15.8. The van der Waals surface area contributed by atoms with Crippen LogP contribution in [0.3, 0.4) is 0 Å². The van der Waals surface area contributed by atoms with Gasteiger partial charge in [-0.2, -0.15) is 5.10 Å². The molecule has 16 heteroatoms. The van der Waals surface area contributed by atoms with Crippen LogP contribution in [0.25, 0.3) is 0 Å². The molecule has 0 saturated carbocycles. The monoisotopic (exact) mass is 726 g/mol. The van der Waals surface area contributed by atoms with Gasteiger partial charge in [0, 0.05) is 30.8 Å². The smallest absolute Gasteiger partial charge is 0.444 e. The van der Waals surface area contributed by atoms with Gasteiger partial charge in [0.1, 0.15) is 17.7 Å². The number of amidine groups is 2. The second-order valence-electron chi connectivity index (χ2n) is 12.0. The number of aliphatic imine (C=N–C) groups is 3. The minimum atomic E-state index is -4.76. The zero-order valence-corrected chi connectivity index (χ0v) is 29.7. The van der Waals surface area contributed by atoms with Gasteiger partial charge in [-0.1, -0.05) is 54.2 Å². The van der Waals surface area contributed by atoms with Crippen molar-refractivity contribution in [3.05, 3.63) is 88.7 Å². The molecule has 0 bridgehead atoms. The van der Waals surface area contributed by atoms with Crippen molar-refractivity contribution in [3.63, 3.8) is 0 Å². The summed E-state index contributed by atoms with van der Waals surface area (Å²) in [5.41, 5.74) is 6.73. The molecule has 0 fully saturated rings. The second-order valence-corrected chi connectivity index (χ2v) is 12.9. The van der Waals surface area contributed by atoms with Crippen LogP contribution in [-0.2, 0) is 14.3 Å². The zero-order chi connectivity index (χ0) is 37.4. The highest BCUT2D eigenvalue weighted by Crippen LogP contribution is 2.25. The Morgan fingerprint density at radius 1 is 1.00 bits per heavy atom. The van der Waals surface area contributed by atoms with E-state index < -0.39 is 18.1 Å². The number of benzene rings is 2. The highest BCUT2D eigenvalue weighted by atomic mass is 32.2. The normalized spacial score (nSPS) is 14.5. The number of para-hydroxylation sites is 1. The van der Waals surface area contributed by atoms with Crippen LogP contribution >= 0.6 is 11.8 Å². The van der Waals surface area contributed by atoms with E-state index >= 15 is 0 Å². The first-order valence-corrected chi connectivity index (χ1v) is 16.8. The molecule has 0 saturated heterocycles. The number of rotatable bonds is 12. The number of hydrazone groups is 1. The summed E-state index contributed by atoms with van der Waals surface area (Å²) in [6.07, 6.45) is 1.94. The Bertz CT molecular complexity index is 1710. The number of ether oxygens (including phenoxy) is 2. The van der Waals surface area contributed by atoms with E-state index in [4.69, 9.17) is 15.1 Å². The third-order valence-electron chi connectivity index (χ3n) is 6.49. The minimum absolute atomic E-state index is 0.0608. The number of halogens is 3. The van der Waals surface area contributed by atoms with Crippen LogP contribution in [0.15, 0.2) is 86.5 Å². The van der Waals surface area contributed by atoms with Gasteiger partial charge in [-0.3, -0.25) is 15.6 Å². The number of hydrogen-bond donors (Lipinski definition) is 4. The number of aryl methyl sites for hydroxylation is 2. The van der Waals surface area contributed by atoms with E-state index in [2.05, 4.69) is 35.9 Å². The quantitative estimate of drug-likeness (QED) is 0.0809. The molecule has 0 atom stereocenters. The Hall–Kier alpha value is -5.25. The van der Waals surface area contributed by atoms with Crippen LogP contribution in [0.1, 0.15) is 55.9 Å². The molecule has 2 aromatic rings. The van der Waals surface area contributed by atoms with Gasteiger partial charge < -0.3 is 20.1 Å². The summed E-state index contributed by atoms with van der Waals surface area (Å²) in [6, 6.07) is 12.7. The first-order chi connectivity index (χ1) is 24.1. The Morgan fingerprint density at radius 2 is 1.69 bits per heavy atom. The number of carbonyl (C=O) groups excluding carboxylic acids is 2. The van der Waals surface area contributed by atoms with Crippen molar-refractivity contribution < 1.29 is 32.2 Å². The van der Waals surface area contributed by atoms with Gasteiger partial charge in [-0.15, -0.1) is 13.2 Å². The summed E-state index contributed by atoms with van der Waals surface area (Å²) < 4.78 is 46.1. The van der Waals surface area contributed by atoms with E-state index in [-0.39, 0.29) is 29.7 Å². The van der Waals surface area contributed by atoms with Gasteiger partial charge in [-0.05, 0) is 76.0 Å². The first kappa shape index (κ1) is 40.2. The molecule has 0 unspecified atom stereocenters. The largest absolute Gasteiger partial charge is 0.573 e. The van der Waals surface area contributed by atoms with Gasteiger partial charge in [0.25, 0.3) is 0 Å². The van der Waals surface area contributed by atoms with Crippen molar-refractivity contribution in [2.24, 2.45) is 20.1 Å². The fourth-order valence-corrected chi connectivity index (χ4v) is 4.77. The molecule has 51 heavy (non-hydrogen) atoms. The molecule has 1 aliphatic carbocycles. The van der Waals surface area contributed by atoms with Crippen molar-refractivity contribution in [2.45, 2.75) is 59.4 Å². The van der Waals surface area contributed by atoms with E-state index in [1.807, 2.05) is 32.0 Å². The molecule has 0 heterocycles. The molecule has 2 amide bonds. The van der Waals surface area contributed by atoms with Gasteiger partial charge in [-0.25, -0.2) is 19.8 Å². The maximum absolute atomic E-state index is 12.6. The number of alkyl carbamates (subject to hydrolysis) is 1. The molecule has 0 aliphatic heterocycles. The van der Waals surface area contributed by atoms with Gasteiger partial charge in [0.2, 0.25) is 5.91 Å². The average molecular weight is 727 g/mol. The Kier molecular flexibility index (Phi) is 15.1. The van der Waals surface area contributed by atoms with Gasteiger partial charge >= 0.3 is 12.5 Å². The molecule has 0 spiro atoms. The predicted molar refractivity (Wildman–Crippen MR) is 196 cm³/mol. The summed E-state index contributed by atoms with van der Waals surface area (Å²) in [5, 5.41) is 18.4. The van der Waals surface area contributed by atoms with Gasteiger partial charge in [0.15, 0.2) is 11.0 Å². The number of amides is 2. The number of nitrogens with one attached hydrogen (secondary N) is 4. The number of carbonyl (C=O) groups is 2. The van der Waals surface area contributed by atoms with E-state index in [0.29, 0.717) is 41.5 Å². The SMILES string of the molecule is Cc1cccc(C)c1N=C(NN=Cc1ccc(C(=N)N=CN=C2C=CC(OC(F)(F)F)=CC2)cc1)SCC(=O)NCCCNC(=O)OC(C)(C)C. The van der Waals surface area contributed by atoms with Crippen molar-refractivity contribution in [3.8, 4) is 0 Å². The van der Waals surface area contributed by atoms with Crippen molar-refractivity contribution in [1.29, 1.82) is 5.41 Å². The average Bonchev–Trinajstić information content (AvgIpc) is 3.04. The van der Waals surface area contributed by atoms with Crippen LogP contribution in [0, 0.1) is 19.3 Å². The fraction of sp³-hybridized carbons (Fsp3) is 0.343. The molecule has 1 aliphatic rings. The lowest BCUT2D eigenvalue weighted by Crippen LogP contribution is -2.34. The highest BCUT2D eigenvalue weighted by Gasteiger charge is 2.31. The second kappa shape index (κ2) is 19.2. The van der Waals surface area contributed by atoms with Crippen LogP contribution < -0.4 is 16.1 Å². The van der Waals surface area contributed by atoms with Crippen molar-refractivity contribution >= 4 is 58.7 Å². The standard InChI is InChI=1S/C35H41F3N8O4S/c1-23-8-6-9-24(2)30(23)45-32(51-21-29(47)40-18-7-19-41-33(48)50-34(3,4)5)46-44-20-25-10-12-26(13-11-25)31(39)43-22-42-27-14-16-28(17-15-27)49-35(36,37)38/h6,8-14,16-17,20,22,39H,7,15,18-19,21H2,1-5H3,(H,40,47)(H,41,48)(H,45,46). The molecular formula is C35H41F3N8O4S. The molecule has 0 aromatic heterocycles. The number of nitrogens with zero attached hydrogens (tertiary/aromatic N) is 4. The topological polar surface area (TPSA) is 162 Å². The zero-order valence-electron chi connectivity index (χ0n) is 28.9. The minimum Gasteiger partial charge on any atom is -0.444 e. The molecular weight excluding hydrogens is 685 g/mol. The number of allylic oxidation sites excluding steroid dienone is 3. The predicted octanol–water partition coefficient (Wildman–Crippen LogP) is 6.85. The molecule has 4 N–H and O–H groups in total. The van der Waals surface area contributed by atoms with Crippen LogP contribution in [0.4, 0.5) is 23.7 Å². The Labute approximate surface area is 299 Å². The van der Waals surface area contributed by atoms with E-state index in [0.717, 1.165) is 22.9 Å². The summed E-state index contributed by atoms with van der Waals surface area (Å²) >= 11 is 1.19. The van der Waals surface area contributed by atoms with Gasteiger partial charge in [0.05, 0.1) is 17.7 Å². The molecule has 2 aromatic carbocycles. The van der Waals surface area contributed by atoms with Crippen LogP contribution in [0.2, 0.25) is 0 Å². The third-order valence-corrected chi connectivity index (χ3v) is 7.35. The molecule has 272 valence electrons. The Morgan fingerprint density at radius 3 is 2.31 bits per heavy atom. The van der Waals surface area contributed by atoms with E-state index in [9.17, 15) is 22.8 Å². The highest BCUT2D eigenvalue weighted by molar-refractivity contribution is 8.14. The summed E-state index contributed by atoms with van der Waals surface area (Å²) in [7, 11) is 0. The van der Waals surface area contributed by atoms with Crippen molar-refractivity contribution in [1.82, 2.24) is 16.1 Å². The van der Waals surface area contributed by atoms with Crippen molar-refractivity contribution in [2.75, 3.05) is 18.8 Å². The Balaban J connectivity index is 1.54. The fourth-order valence-electron chi connectivity index (χ4n) is 4.13. The number of hydrogen-bond acceptors (Lipinski definition) is 8. The molecule has 3 rings (SSSR count). The third kappa shape index (κ3) is 15.9.